The van der Waals surface area contributed by atoms with Gasteiger partial charge in [0, 0.05) is 6.54 Å². The smallest absolute Gasteiger partial charge is 0.000886 e. The van der Waals surface area contributed by atoms with Crippen LogP contribution in [0.15, 0.2) is 12.2 Å². The molecule has 0 saturated carbocycles. The van der Waals surface area contributed by atoms with Gasteiger partial charge in [-0.15, -0.1) is 0 Å². The molecule has 0 unspecified atom stereocenters. The van der Waals surface area contributed by atoms with E-state index in [4.69, 9.17) is 5.73 Å². The molecule has 0 fully saturated rings. The summed E-state index contributed by atoms with van der Waals surface area (Å²) < 4.78 is 0. The Balaban J connectivity index is 3.70. The minimum atomic E-state index is 0.190. The number of hydrogen-bond acceptors (Lipinski definition) is 1. The Kier molecular flexibility index (Phi) is 3.55. The second-order valence-corrected chi connectivity index (χ2v) is 3.00. The second-order valence-electron chi connectivity index (χ2n) is 3.00. The van der Waals surface area contributed by atoms with Crippen LogP contribution in [0.5, 0.6) is 0 Å². The van der Waals surface area contributed by atoms with Crippen molar-refractivity contribution in [2.45, 2.75) is 27.2 Å². The van der Waals surface area contributed by atoms with Crippen LogP contribution in [0.25, 0.3) is 0 Å². The fourth-order valence-corrected chi connectivity index (χ4v) is 0.505. The zero-order chi connectivity index (χ0) is 7.33. The van der Waals surface area contributed by atoms with Crippen LogP contribution in [0.4, 0.5) is 0 Å². The quantitative estimate of drug-likeness (QED) is 0.576. The highest BCUT2D eigenvalue weighted by Crippen LogP contribution is 2.13. The summed E-state index contributed by atoms with van der Waals surface area (Å²) in [5, 5.41) is 0. The molecule has 54 valence electrons. The molecule has 9 heavy (non-hydrogen) atoms. The lowest BCUT2D eigenvalue weighted by atomic mass is 9.93. The second kappa shape index (κ2) is 3.67. The molecule has 0 aliphatic heterocycles. The molecular formula is C8H17N. The molecule has 0 aliphatic rings. The summed E-state index contributed by atoms with van der Waals surface area (Å²) >= 11 is 0. The van der Waals surface area contributed by atoms with Crippen LogP contribution in [0.1, 0.15) is 27.2 Å². The van der Waals surface area contributed by atoms with Gasteiger partial charge in [0.05, 0.1) is 0 Å². The van der Waals surface area contributed by atoms with Gasteiger partial charge in [-0.3, -0.25) is 0 Å². The molecule has 0 amide bonds. The molecule has 0 saturated heterocycles. The lowest BCUT2D eigenvalue weighted by Crippen LogP contribution is -2.20. The molecule has 0 aromatic carbocycles. The first-order valence-corrected chi connectivity index (χ1v) is 3.50. The number of nitrogens with two attached hydrogens (primary N) is 1. The van der Waals surface area contributed by atoms with Crippen LogP contribution in [0.3, 0.4) is 0 Å². The van der Waals surface area contributed by atoms with Crippen molar-refractivity contribution in [3.05, 3.63) is 12.2 Å². The maximum Gasteiger partial charge on any atom is 0.000886 e. The summed E-state index contributed by atoms with van der Waals surface area (Å²) in [5.74, 6) is 0. The lowest BCUT2D eigenvalue weighted by molar-refractivity contribution is 0.494. The third-order valence-electron chi connectivity index (χ3n) is 1.33. The summed E-state index contributed by atoms with van der Waals surface area (Å²) in [6, 6.07) is 0. The van der Waals surface area contributed by atoms with E-state index in [1.807, 2.05) is 0 Å². The third-order valence-corrected chi connectivity index (χ3v) is 1.33. The molecule has 0 bridgehead atoms. The molecular weight excluding hydrogens is 110 g/mol. The maximum absolute atomic E-state index is 5.50. The molecule has 0 atom stereocenters. The van der Waals surface area contributed by atoms with Crippen molar-refractivity contribution in [3.8, 4) is 0 Å². The minimum absolute atomic E-state index is 0.190. The zero-order valence-electron chi connectivity index (χ0n) is 6.65. The van der Waals surface area contributed by atoms with Crippen molar-refractivity contribution in [1.82, 2.24) is 0 Å². The van der Waals surface area contributed by atoms with Gasteiger partial charge in [-0.05, 0) is 11.8 Å². The van der Waals surface area contributed by atoms with Gasteiger partial charge in [0.15, 0.2) is 0 Å². The Morgan fingerprint density at radius 2 is 2.00 bits per heavy atom. The van der Waals surface area contributed by atoms with Gasteiger partial charge in [0.25, 0.3) is 0 Å². The van der Waals surface area contributed by atoms with Crippen molar-refractivity contribution < 1.29 is 0 Å². The first kappa shape index (κ1) is 8.70. The normalized spacial score (nSPS) is 12.9. The Bertz CT molecular complexity index is 92.7. The van der Waals surface area contributed by atoms with E-state index in [0.29, 0.717) is 0 Å². The Labute approximate surface area is 57.9 Å². The highest BCUT2D eigenvalue weighted by Gasteiger charge is 2.08. The fraction of sp³-hybridized carbons (Fsp3) is 0.750. The summed E-state index contributed by atoms with van der Waals surface area (Å²) in [5.41, 5.74) is 5.69. The van der Waals surface area contributed by atoms with Gasteiger partial charge in [-0.2, -0.15) is 0 Å². The lowest BCUT2D eigenvalue weighted by Gasteiger charge is -2.15. The minimum Gasteiger partial charge on any atom is -0.330 e. The summed E-state index contributed by atoms with van der Waals surface area (Å²) in [4.78, 5) is 0. The molecule has 0 spiro atoms. The van der Waals surface area contributed by atoms with E-state index in [0.717, 1.165) is 13.0 Å². The summed E-state index contributed by atoms with van der Waals surface area (Å²) in [7, 11) is 0. The maximum atomic E-state index is 5.50. The number of hydrogen-bond donors (Lipinski definition) is 1. The number of rotatable bonds is 3. The van der Waals surface area contributed by atoms with Gasteiger partial charge in [0.2, 0.25) is 0 Å². The topological polar surface area (TPSA) is 26.0 Å². The highest BCUT2D eigenvalue weighted by atomic mass is 14.6. The van der Waals surface area contributed by atoms with Crippen LogP contribution in [0.2, 0.25) is 0 Å². The van der Waals surface area contributed by atoms with Crippen molar-refractivity contribution in [3.63, 3.8) is 0 Å². The van der Waals surface area contributed by atoms with Crippen LogP contribution >= 0.6 is 0 Å². The van der Waals surface area contributed by atoms with E-state index in [2.05, 4.69) is 32.9 Å². The van der Waals surface area contributed by atoms with Gasteiger partial charge >= 0.3 is 0 Å². The van der Waals surface area contributed by atoms with Crippen LogP contribution < -0.4 is 5.73 Å². The Hall–Kier alpha value is -0.300. The molecule has 1 heteroatoms. The van der Waals surface area contributed by atoms with Gasteiger partial charge in [-0.1, -0.05) is 32.9 Å². The van der Waals surface area contributed by atoms with Crippen LogP contribution in [-0.2, 0) is 0 Å². The average Bonchev–Trinajstić information content (AvgIpc) is 1.84. The SMILES string of the molecule is CC/C=C\C(C)(C)CN. The Morgan fingerprint density at radius 1 is 1.44 bits per heavy atom. The summed E-state index contributed by atoms with van der Waals surface area (Å²) in [6.45, 7) is 7.13. The van der Waals surface area contributed by atoms with E-state index in [1.165, 1.54) is 0 Å². The first-order valence-electron chi connectivity index (χ1n) is 3.50. The number of allylic oxidation sites excluding steroid dienone is 1. The largest absolute Gasteiger partial charge is 0.330 e. The van der Waals surface area contributed by atoms with Crippen molar-refractivity contribution >= 4 is 0 Å². The molecule has 2 N–H and O–H groups in total. The molecule has 0 rings (SSSR count). The van der Waals surface area contributed by atoms with E-state index in [-0.39, 0.29) is 5.41 Å². The first-order chi connectivity index (χ1) is 4.12. The van der Waals surface area contributed by atoms with Crippen LogP contribution in [0, 0.1) is 5.41 Å². The molecule has 0 aliphatic carbocycles. The van der Waals surface area contributed by atoms with Gasteiger partial charge < -0.3 is 5.73 Å². The average molecular weight is 127 g/mol. The highest BCUT2D eigenvalue weighted by molar-refractivity contribution is 4.94. The van der Waals surface area contributed by atoms with E-state index in [9.17, 15) is 0 Å². The fourth-order valence-electron chi connectivity index (χ4n) is 0.505. The molecule has 0 heterocycles. The molecule has 0 aromatic rings. The predicted octanol–water partition coefficient (Wildman–Crippen LogP) is 1.94. The predicted molar refractivity (Wildman–Crippen MR) is 42.3 cm³/mol. The van der Waals surface area contributed by atoms with E-state index >= 15 is 0 Å². The molecule has 0 aromatic heterocycles. The Morgan fingerprint density at radius 3 is 2.33 bits per heavy atom. The van der Waals surface area contributed by atoms with Crippen molar-refractivity contribution in [2.75, 3.05) is 6.54 Å². The van der Waals surface area contributed by atoms with Gasteiger partial charge in [0.1, 0.15) is 0 Å². The monoisotopic (exact) mass is 127 g/mol. The zero-order valence-corrected chi connectivity index (χ0v) is 6.65. The molecule has 1 nitrogen and oxygen atoms in total. The van der Waals surface area contributed by atoms with Crippen molar-refractivity contribution in [1.29, 1.82) is 0 Å². The third kappa shape index (κ3) is 4.22. The molecule has 0 radical (unpaired) electrons. The van der Waals surface area contributed by atoms with E-state index < -0.39 is 0 Å². The van der Waals surface area contributed by atoms with E-state index in [1.54, 1.807) is 0 Å². The van der Waals surface area contributed by atoms with Crippen molar-refractivity contribution in [2.24, 2.45) is 11.1 Å². The van der Waals surface area contributed by atoms with Crippen LogP contribution in [-0.4, -0.2) is 6.54 Å². The van der Waals surface area contributed by atoms with Gasteiger partial charge in [-0.25, -0.2) is 0 Å². The standard InChI is InChI=1S/C8H17N/c1-4-5-6-8(2,3)7-9/h5-6H,4,7,9H2,1-3H3/b6-5-. The summed E-state index contributed by atoms with van der Waals surface area (Å²) in [6.07, 6.45) is 5.43.